The van der Waals surface area contributed by atoms with Gasteiger partial charge in [0.05, 0.1) is 12.9 Å². The molecule has 2 aromatic heterocycles. The molecular formula is C29H48N6O7Si2. The summed E-state index contributed by atoms with van der Waals surface area (Å²) in [5.74, 6) is 0.0758. The maximum absolute atomic E-state index is 12.6. The van der Waals surface area contributed by atoms with Gasteiger partial charge in [0.1, 0.15) is 12.2 Å². The van der Waals surface area contributed by atoms with Crippen LogP contribution in [0.15, 0.2) is 6.33 Å². The van der Waals surface area contributed by atoms with Crippen LogP contribution in [0.4, 0.5) is 11.8 Å². The minimum absolute atomic E-state index is 0.0902. The van der Waals surface area contributed by atoms with Crippen molar-refractivity contribution in [3.05, 3.63) is 6.33 Å². The van der Waals surface area contributed by atoms with Gasteiger partial charge in [-0.15, -0.1) is 0 Å². The number of amides is 1. The van der Waals surface area contributed by atoms with E-state index in [-0.39, 0.29) is 40.6 Å². The zero-order valence-corrected chi connectivity index (χ0v) is 29.6. The largest absolute Gasteiger partial charge is 0.455 e. The van der Waals surface area contributed by atoms with Crippen LogP contribution in [0.5, 0.6) is 0 Å². The molecule has 244 valence electrons. The number of rotatable bonds is 8. The molecular weight excluding hydrogens is 601 g/mol. The number of carbonyl (C=O) groups is 2. The van der Waals surface area contributed by atoms with E-state index in [1.54, 1.807) is 10.9 Å². The smallest absolute Gasteiger partial charge is 0.335 e. The van der Waals surface area contributed by atoms with Gasteiger partial charge in [0.25, 0.3) is 0 Å². The Balaban J connectivity index is 1.63. The van der Waals surface area contributed by atoms with Gasteiger partial charge in [0, 0.05) is 26.9 Å². The van der Waals surface area contributed by atoms with E-state index in [4.69, 9.17) is 27.4 Å². The van der Waals surface area contributed by atoms with Crippen molar-refractivity contribution in [1.29, 1.82) is 0 Å². The zero-order chi connectivity index (χ0) is 32.1. The second kappa shape index (κ2) is 12.4. The molecule has 3 aliphatic heterocycles. The van der Waals surface area contributed by atoms with E-state index in [1.807, 2.05) is 0 Å². The second-order valence-electron chi connectivity index (χ2n) is 13.4. The summed E-state index contributed by atoms with van der Waals surface area (Å²) >= 11 is 0. The number of aromatic nitrogens is 4. The highest BCUT2D eigenvalue weighted by Gasteiger charge is 2.62. The topological polar surface area (TPSA) is 139 Å². The first-order chi connectivity index (χ1) is 20.7. The number of ether oxygens (including phenoxy) is 2. The van der Waals surface area contributed by atoms with Gasteiger partial charge in [0.15, 0.2) is 29.3 Å². The predicted molar refractivity (Wildman–Crippen MR) is 170 cm³/mol. The van der Waals surface area contributed by atoms with Gasteiger partial charge in [-0.25, -0.2) is 4.98 Å². The number of hydrogen-bond acceptors (Lipinski definition) is 11. The Morgan fingerprint density at radius 1 is 0.977 bits per heavy atom. The third-order valence-electron chi connectivity index (χ3n) is 9.04. The van der Waals surface area contributed by atoms with Crippen LogP contribution >= 0.6 is 0 Å². The average Bonchev–Trinajstić information content (AvgIpc) is 3.42. The van der Waals surface area contributed by atoms with Crippen molar-refractivity contribution in [2.24, 2.45) is 0 Å². The highest BCUT2D eigenvalue weighted by molar-refractivity contribution is 6.84. The van der Waals surface area contributed by atoms with Crippen molar-refractivity contribution in [2.45, 2.75) is 122 Å². The number of hydrogen-bond donors (Lipinski definition) is 1. The number of carbonyl (C=O) groups excluding carboxylic acids is 2. The van der Waals surface area contributed by atoms with Crippen LogP contribution in [0.25, 0.3) is 11.2 Å². The molecule has 5 rings (SSSR count). The van der Waals surface area contributed by atoms with Crippen molar-refractivity contribution >= 4 is 51.9 Å². The lowest BCUT2D eigenvalue weighted by atomic mass is 10.1. The van der Waals surface area contributed by atoms with Crippen LogP contribution in [0, 0.1) is 0 Å². The lowest BCUT2D eigenvalue weighted by molar-refractivity contribution is -0.155. The van der Waals surface area contributed by atoms with Crippen LogP contribution in [0.2, 0.25) is 22.2 Å². The fourth-order valence-corrected chi connectivity index (χ4v) is 17.9. The highest BCUT2D eigenvalue weighted by Crippen LogP contribution is 2.49. The molecule has 0 aliphatic carbocycles. The molecule has 0 aromatic carbocycles. The van der Waals surface area contributed by atoms with Crippen LogP contribution in [0.3, 0.4) is 0 Å². The minimum atomic E-state index is -3.02. The van der Waals surface area contributed by atoms with Gasteiger partial charge in [-0.05, 0) is 28.6 Å². The summed E-state index contributed by atoms with van der Waals surface area (Å²) in [6.45, 7) is 22.0. The molecule has 44 heavy (non-hydrogen) atoms. The SMILES string of the molecule is CC(=O)Nc1nc(N2CCC2)c2ncn([C@@H]3O[C@@H]4CO[Si](C(C)C)(C(C)C)O[Si](C(C)C)(C(C)C)O[C@H]4[C@H]3OC(C)=O)c2n1. The Labute approximate surface area is 261 Å². The number of imidazole rings is 1. The van der Waals surface area contributed by atoms with E-state index in [1.165, 1.54) is 13.8 Å². The van der Waals surface area contributed by atoms with E-state index in [2.05, 4.69) is 75.6 Å². The lowest BCUT2D eigenvalue weighted by Crippen LogP contribution is -2.66. The first-order valence-corrected chi connectivity index (χ1v) is 19.8. The van der Waals surface area contributed by atoms with Crippen LogP contribution < -0.4 is 10.2 Å². The maximum atomic E-state index is 12.6. The molecule has 3 saturated heterocycles. The summed E-state index contributed by atoms with van der Waals surface area (Å²) in [6.07, 6.45) is -0.147. The van der Waals surface area contributed by atoms with Crippen molar-refractivity contribution in [1.82, 2.24) is 19.5 Å². The summed E-state index contributed by atoms with van der Waals surface area (Å²) in [4.78, 5) is 40.6. The summed E-state index contributed by atoms with van der Waals surface area (Å²) in [5, 5.41) is 2.72. The van der Waals surface area contributed by atoms with Gasteiger partial charge >= 0.3 is 23.1 Å². The third kappa shape index (κ3) is 5.70. The Bertz CT molecular complexity index is 1370. The van der Waals surface area contributed by atoms with Crippen molar-refractivity contribution in [3.8, 4) is 0 Å². The summed E-state index contributed by atoms with van der Waals surface area (Å²) in [5.41, 5.74) is 1.57. The molecule has 0 bridgehead atoms. The number of anilines is 2. The standard InChI is InChI=1S/C29H48N6O7Si2/c1-16(2)43(17(3)4)38-14-22-24(41-44(42-43,18(5)6)19(7)8)25(39-21(10)37)28(40-22)35-15-30-23-26(34-12-11-13-34)32-29(31-20(9)36)33-27(23)35/h15-19,22,24-25,28H,11-14H2,1-10H3,(H,31,32,33,36)/t22-,24-,25-,28-/m1/s1. The normalized spacial score (nSPS) is 26.5. The average molecular weight is 649 g/mol. The zero-order valence-electron chi connectivity index (χ0n) is 27.6. The molecule has 3 aliphatic rings. The highest BCUT2D eigenvalue weighted by atomic mass is 28.5. The summed E-state index contributed by atoms with van der Waals surface area (Å²) in [6, 6.07) is 0. The van der Waals surface area contributed by atoms with E-state index < -0.39 is 47.6 Å². The molecule has 1 N–H and O–H groups in total. The fourth-order valence-electron chi connectivity index (χ4n) is 6.71. The summed E-state index contributed by atoms with van der Waals surface area (Å²) in [7, 11) is -5.82. The third-order valence-corrected chi connectivity index (χ3v) is 19.3. The Morgan fingerprint density at radius 2 is 1.61 bits per heavy atom. The van der Waals surface area contributed by atoms with Crippen molar-refractivity contribution in [3.63, 3.8) is 0 Å². The molecule has 15 heteroatoms. The Kier molecular flexibility index (Phi) is 9.28. The van der Waals surface area contributed by atoms with E-state index in [9.17, 15) is 9.59 Å². The van der Waals surface area contributed by atoms with Crippen molar-refractivity contribution < 1.29 is 32.0 Å². The van der Waals surface area contributed by atoms with Crippen LogP contribution in [-0.2, 0) is 32.0 Å². The van der Waals surface area contributed by atoms with E-state index in [0.717, 1.165) is 19.5 Å². The van der Waals surface area contributed by atoms with Crippen LogP contribution in [-0.4, -0.2) is 86.5 Å². The van der Waals surface area contributed by atoms with Crippen molar-refractivity contribution in [2.75, 3.05) is 29.9 Å². The van der Waals surface area contributed by atoms with Gasteiger partial charge in [-0.2, -0.15) is 9.97 Å². The molecule has 5 heterocycles. The molecule has 4 atom stereocenters. The first kappa shape index (κ1) is 32.9. The molecule has 13 nitrogen and oxygen atoms in total. The molecule has 0 saturated carbocycles. The molecule has 2 aromatic rings. The fraction of sp³-hybridized carbons (Fsp3) is 0.759. The molecule has 0 spiro atoms. The molecule has 3 fully saturated rings. The van der Waals surface area contributed by atoms with E-state index >= 15 is 0 Å². The number of esters is 1. The molecule has 1 amide bonds. The summed E-state index contributed by atoms with van der Waals surface area (Å²) < 4.78 is 36.0. The van der Waals surface area contributed by atoms with Gasteiger partial charge in [-0.3, -0.25) is 19.5 Å². The Hall–Kier alpha value is -2.44. The quantitative estimate of drug-likeness (QED) is 0.313. The lowest BCUT2D eigenvalue weighted by Gasteiger charge is -2.51. The Morgan fingerprint density at radius 3 is 2.14 bits per heavy atom. The second-order valence-corrected chi connectivity index (χ2v) is 22.3. The van der Waals surface area contributed by atoms with Gasteiger partial charge in [-0.1, -0.05) is 55.4 Å². The monoisotopic (exact) mass is 648 g/mol. The molecule has 0 unspecified atom stereocenters. The van der Waals surface area contributed by atoms with Gasteiger partial charge in [0.2, 0.25) is 11.9 Å². The maximum Gasteiger partial charge on any atom is 0.335 e. The minimum Gasteiger partial charge on any atom is -0.455 e. The number of fused-ring (bicyclic) bond motifs is 2. The van der Waals surface area contributed by atoms with Gasteiger partial charge < -0.3 is 27.3 Å². The number of nitrogens with one attached hydrogen (secondary N) is 1. The van der Waals surface area contributed by atoms with E-state index in [0.29, 0.717) is 17.0 Å². The number of nitrogens with zero attached hydrogens (tertiary/aromatic N) is 5. The first-order valence-electron chi connectivity index (χ1n) is 15.8. The van der Waals surface area contributed by atoms with Crippen LogP contribution in [0.1, 0.15) is 81.9 Å². The molecule has 0 radical (unpaired) electrons. The predicted octanol–water partition coefficient (Wildman–Crippen LogP) is 4.78.